The predicted molar refractivity (Wildman–Crippen MR) is 78.4 cm³/mol. The van der Waals surface area contributed by atoms with Gasteiger partial charge < -0.3 is 0 Å². The Balaban J connectivity index is 3.23. The fraction of sp³-hybridized carbons (Fsp3) is 0.333. The standard InChI is InChI=1S/C12H15BrClNO2S/c1-4-15(8-9(2)3)18(16,17)12-6-5-10(13)7-11(12)14/h5-7H,2,4,8H2,1,3H3. The van der Waals surface area contributed by atoms with E-state index in [1.165, 1.54) is 10.4 Å². The monoisotopic (exact) mass is 351 g/mol. The lowest BCUT2D eigenvalue weighted by Crippen LogP contribution is -2.32. The van der Waals surface area contributed by atoms with Crippen molar-refractivity contribution in [3.8, 4) is 0 Å². The van der Waals surface area contributed by atoms with Gasteiger partial charge in [-0.1, -0.05) is 46.6 Å². The molecule has 0 saturated carbocycles. The van der Waals surface area contributed by atoms with Crippen molar-refractivity contribution in [1.82, 2.24) is 4.31 Å². The van der Waals surface area contributed by atoms with Gasteiger partial charge in [-0.15, -0.1) is 0 Å². The molecule has 0 bridgehead atoms. The Morgan fingerprint density at radius 2 is 2.11 bits per heavy atom. The number of rotatable bonds is 5. The topological polar surface area (TPSA) is 37.4 Å². The third kappa shape index (κ3) is 3.57. The quantitative estimate of drug-likeness (QED) is 0.758. The van der Waals surface area contributed by atoms with Crippen LogP contribution in [0, 0.1) is 0 Å². The molecule has 0 N–H and O–H groups in total. The van der Waals surface area contributed by atoms with Crippen molar-refractivity contribution in [3.63, 3.8) is 0 Å². The molecule has 6 heteroatoms. The van der Waals surface area contributed by atoms with E-state index in [0.717, 1.165) is 10.0 Å². The van der Waals surface area contributed by atoms with Crippen LogP contribution in [0.5, 0.6) is 0 Å². The molecule has 0 aromatic heterocycles. The maximum absolute atomic E-state index is 12.4. The number of nitrogens with zero attached hydrogens (tertiary/aromatic N) is 1. The molecule has 100 valence electrons. The van der Waals surface area contributed by atoms with Gasteiger partial charge in [0, 0.05) is 17.6 Å². The van der Waals surface area contributed by atoms with Crippen molar-refractivity contribution in [3.05, 3.63) is 39.8 Å². The van der Waals surface area contributed by atoms with Crippen LogP contribution in [0.1, 0.15) is 13.8 Å². The van der Waals surface area contributed by atoms with Crippen LogP contribution in [-0.4, -0.2) is 25.8 Å². The van der Waals surface area contributed by atoms with Gasteiger partial charge in [0.1, 0.15) is 4.90 Å². The molecule has 1 rings (SSSR count). The molecule has 0 heterocycles. The highest BCUT2D eigenvalue weighted by Crippen LogP contribution is 2.27. The van der Waals surface area contributed by atoms with E-state index in [4.69, 9.17) is 11.6 Å². The normalized spacial score (nSPS) is 11.8. The summed E-state index contributed by atoms with van der Waals surface area (Å²) in [6.07, 6.45) is 0. The molecule has 0 aliphatic heterocycles. The summed E-state index contributed by atoms with van der Waals surface area (Å²) >= 11 is 9.24. The molecule has 0 amide bonds. The summed E-state index contributed by atoms with van der Waals surface area (Å²) in [6, 6.07) is 4.74. The average Bonchev–Trinajstić information content (AvgIpc) is 2.24. The zero-order valence-corrected chi connectivity index (χ0v) is 13.4. The maximum Gasteiger partial charge on any atom is 0.244 e. The van der Waals surface area contributed by atoms with Crippen LogP contribution in [0.4, 0.5) is 0 Å². The van der Waals surface area contributed by atoms with Crippen molar-refractivity contribution < 1.29 is 8.42 Å². The zero-order chi connectivity index (χ0) is 13.9. The summed E-state index contributed by atoms with van der Waals surface area (Å²) in [5.41, 5.74) is 0.786. The molecule has 0 fully saturated rings. The van der Waals surface area contributed by atoms with Crippen molar-refractivity contribution in [2.45, 2.75) is 18.7 Å². The number of halogens is 2. The summed E-state index contributed by atoms with van der Waals surface area (Å²) in [5.74, 6) is 0. The third-order valence-electron chi connectivity index (χ3n) is 2.31. The summed E-state index contributed by atoms with van der Waals surface area (Å²) < 4.78 is 26.9. The molecule has 18 heavy (non-hydrogen) atoms. The van der Waals surface area contributed by atoms with Crippen molar-refractivity contribution >= 4 is 37.6 Å². The molecular weight excluding hydrogens is 338 g/mol. The van der Waals surface area contributed by atoms with Crippen molar-refractivity contribution in [2.75, 3.05) is 13.1 Å². The van der Waals surface area contributed by atoms with E-state index in [2.05, 4.69) is 22.5 Å². The van der Waals surface area contributed by atoms with Crippen LogP contribution >= 0.6 is 27.5 Å². The van der Waals surface area contributed by atoms with Gasteiger partial charge in [0.15, 0.2) is 0 Å². The fourth-order valence-electron chi connectivity index (χ4n) is 1.49. The SMILES string of the molecule is C=C(C)CN(CC)S(=O)(=O)c1ccc(Br)cc1Cl. The maximum atomic E-state index is 12.4. The van der Waals surface area contributed by atoms with Gasteiger partial charge in [-0.2, -0.15) is 4.31 Å². The van der Waals surface area contributed by atoms with Gasteiger partial charge in [-0.25, -0.2) is 8.42 Å². The number of benzene rings is 1. The molecule has 0 radical (unpaired) electrons. The summed E-state index contributed by atoms with van der Waals surface area (Å²) in [7, 11) is -3.57. The highest BCUT2D eigenvalue weighted by molar-refractivity contribution is 9.10. The molecule has 0 spiro atoms. The molecule has 0 saturated heterocycles. The first-order chi connectivity index (χ1) is 8.28. The van der Waals surface area contributed by atoms with Crippen LogP contribution in [0.3, 0.4) is 0 Å². The Morgan fingerprint density at radius 3 is 2.56 bits per heavy atom. The molecule has 0 unspecified atom stereocenters. The van der Waals surface area contributed by atoms with E-state index in [0.29, 0.717) is 13.1 Å². The van der Waals surface area contributed by atoms with E-state index in [-0.39, 0.29) is 9.92 Å². The Labute approximate surface area is 122 Å². The summed E-state index contributed by atoms with van der Waals surface area (Å²) in [4.78, 5) is 0.121. The van der Waals surface area contributed by atoms with Gasteiger partial charge in [-0.3, -0.25) is 0 Å². The first kappa shape index (κ1) is 15.7. The predicted octanol–water partition coefficient (Wildman–Crippen LogP) is 3.69. The number of sulfonamides is 1. The largest absolute Gasteiger partial charge is 0.244 e. The molecule has 0 atom stereocenters. The summed E-state index contributed by atoms with van der Waals surface area (Å²) in [6.45, 7) is 7.99. The van der Waals surface area contributed by atoms with E-state index < -0.39 is 10.0 Å². The molecular formula is C12H15BrClNO2S. The van der Waals surface area contributed by atoms with Crippen LogP contribution in [0.25, 0.3) is 0 Å². The fourth-order valence-corrected chi connectivity index (χ4v) is 4.01. The molecule has 0 aliphatic rings. The minimum absolute atomic E-state index is 0.121. The first-order valence-corrected chi connectivity index (χ1v) is 7.99. The van der Waals surface area contributed by atoms with Gasteiger partial charge in [0.2, 0.25) is 10.0 Å². The molecule has 1 aromatic carbocycles. The van der Waals surface area contributed by atoms with E-state index in [9.17, 15) is 8.42 Å². The van der Waals surface area contributed by atoms with Crippen LogP contribution < -0.4 is 0 Å². The molecule has 3 nitrogen and oxygen atoms in total. The average molecular weight is 353 g/mol. The Bertz CT molecular complexity index is 557. The molecule has 0 aliphatic carbocycles. The Morgan fingerprint density at radius 1 is 1.50 bits per heavy atom. The highest BCUT2D eigenvalue weighted by atomic mass is 79.9. The minimum atomic E-state index is -3.57. The number of likely N-dealkylation sites (N-methyl/N-ethyl adjacent to an activating group) is 1. The van der Waals surface area contributed by atoms with Gasteiger partial charge in [-0.05, 0) is 25.1 Å². The second-order valence-electron chi connectivity index (χ2n) is 3.96. The second kappa shape index (κ2) is 6.19. The lowest BCUT2D eigenvalue weighted by Gasteiger charge is -2.21. The lowest BCUT2D eigenvalue weighted by atomic mass is 10.3. The van der Waals surface area contributed by atoms with Crippen LogP contribution in [0.2, 0.25) is 5.02 Å². The van der Waals surface area contributed by atoms with Gasteiger partial charge in [0.05, 0.1) is 5.02 Å². The minimum Gasteiger partial charge on any atom is -0.207 e. The van der Waals surface area contributed by atoms with Crippen LogP contribution in [-0.2, 0) is 10.0 Å². The van der Waals surface area contributed by atoms with Crippen LogP contribution in [0.15, 0.2) is 39.7 Å². The number of hydrogen-bond acceptors (Lipinski definition) is 2. The zero-order valence-electron chi connectivity index (χ0n) is 10.3. The van der Waals surface area contributed by atoms with Gasteiger partial charge >= 0.3 is 0 Å². The summed E-state index contributed by atoms with van der Waals surface area (Å²) in [5, 5.41) is 0.213. The lowest BCUT2D eigenvalue weighted by molar-refractivity contribution is 0.453. The third-order valence-corrected chi connectivity index (χ3v) is 5.21. The second-order valence-corrected chi connectivity index (χ2v) is 7.19. The Kier molecular flexibility index (Phi) is 5.40. The van der Waals surface area contributed by atoms with E-state index in [1.807, 2.05) is 0 Å². The number of hydrogen-bond donors (Lipinski definition) is 0. The molecule has 1 aromatic rings. The Hall–Kier alpha value is -0.360. The van der Waals surface area contributed by atoms with Gasteiger partial charge in [0.25, 0.3) is 0 Å². The highest BCUT2D eigenvalue weighted by Gasteiger charge is 2.25. The van der Waals surface area contributed by atoms with E-state index in [1.54, 1.807) is 26.0 Å². The smallest absolute Gasteiger partial charge is 0.207 e. The van der Waals surface area contributed by atoms with Crippen molar-refractivity contribution in [1.29, 1.82) is 0 Å². The van der Waals surface area contributed by atoms with Crippen molar-refractivity contribution in [2.24, 2.45) is 0 Å². The van der Waals surface area contributed by atoms with E-state index >= 15 is 0 Å². The first-order valence-electron chi connectivity index (χ1n) is 5.38.